The number of alkyl halides is 3. The molecule has 0 aliphatic heterocycles. The number of hydrogen-bond acceptors (Lipinski definition) is 3. The van der Waals surface area contributed by atoms with E-state index in [1.807, 2.05) is 0 Å². The SMILES string of the molecule is COc1ccccc1OCC(=O)NCc1cccc(C(F)(F)F)c1. The van der Waals surface area contributed by atoms with Gasteiger partial charge in [-0.1, -0.05) is 24.3 Å². The van der Waals surface area contributed by atoms with Crippen LogP contribution in [0.4, 0.5) is 13.2 Å². The molecule has 0 aliphatic rings. The maximum Gasteiger partial charge on any atom is 0.416 e. The molecule has 4 nitrogen and oxygen atoms in total. The fraction of sp³-hybridized carbons (Fsp3) is 0.235. The van der Waals surface area contributed by atoms with Gasteiger partial charge in [0.25, 0.3) is 5.91 Å². The Bertz CT molecular complexity index is 701. The molecule has 2 aromatic carbocycles. The summed E-state index contributed by atoms with van der Waals surface area (Å²) < 4.78 is 48.3. The highest BCUT2D eigenvalue weighted by Crippen LogP contribution is 2.29. The van der Waals surface area contributed by atoms with E-state index >= 15 is 0 Å². The minimum Gasteiger partial charge on any atom is -0.493 e. The van der Waals surface area contributed by atoms with E-state index in [4.69, 9.17) is 9.47 Å². The molecule has 0 atom stereocenters. The molecule has 0 radical (unpaired) electrons. The molecule has 0 fully saturated rings. The van der Waals surface area contributed by atoms with Gasteiger partial charge in [0.05, 0.1) is 12.7 Å². The van der Waals surface area contributed by atoms with E-state index in [0.29, 0.717) is 17.1 Å². The van der Waals surface area contributed by atoms with Gasteiger partial charge in [0.2, 0.25) is 0 Å². The summed E-state index contributed by atoms with van der Waals surface area (Å²) in [5.74, 6) is 0.454. The number of para-hydroxylation sites is 2. The van der Waals surface area contributed by atoms with Gasteiger partial charge in [0.15, 0.2) is 18.1 Å². The highest BCUT2D eigenvalue weighted by Gasteiger charge is 2.30. The summed E-state index contributed by atoms with van der Waals surface area (Å²) in [4.78, 5) is 11.8. The van der Waals surface area contributed by atoms with Gasteiger partial charge < -0.3 is 14.8 Å². The zero-order chi connectivity index (χ0) is 17.6. The molecule has 0 heterocycles. The standard InChI is InChI=1S/C17H16F3NO3/c1-23-14-7-2-3-8-15(14)24-11-16(22)21-10-12-5-4-6-13(9-12)17(18,19)20/h2-9H,10-11H2,1H3,(H,21,22). The lowest BCUT2D eigenvalue weighted by Crippen LogP contribution is -2.28. The summed E-state index contributed by atoms with van der Waals surface area (Å²) in [7, 11) is 1.48. The number of halogens is 3. The normalized spacial score (nSPS) is 11.0. The number of carbonyl (C=O) groups is 1. The van der Waals surface area contributed by atoms with Crippen molar-refractivity contribution in [2.75, 3.05) is 13.7 Å². The molecule has 24 heavy (non-hydrogen) atoms. The van der Waals surface area contributed by atoms with E-state index in [1.165, 1.54) is 19.2 Å². The van der Waals surface area contributed by atoms with Crippen LogP contribution < -0.4 is 14.8 Å². The Kier molecular flexibility index (Phi) is 5.68. The van der Waals surface area contributed by atoms with Crippen molar-refractivity contribution in [3.05, 3.63) is 59.7 Å². The lowest BCUT2D eigenvalue weighted by atomic mass is 10.1. The molecule has 1 amide bonds. The monoisotopic (exact) mass is 339 g/mol. The van der Waals surface area contributed by atoms with Crippen molar-refractivity contribution < 1.29 is 27.4 Å². The highest BCUT2D eigenvalue weighted by atomic mass is 19.4. The number of nitrogens with one attached hydrogen (secondary N) is 1. The third-order valence-electron chi connectivity index (χ3n) is 3.17. The third kappa shape index (κ3) is 4.91. The fourth-order valence-electron chi connectivity index (χ4n) is 1.99. The van der Waals surface area contributed by atoms with Crippen LogP contribution in [0.15, 0.2) is 48.5 Å². The van der Waals surface area contributed by atoms with Crippen LogP contribution in [0.3, 0.4) is 0 Å². The van der Waals surface area contributed by atoms with E-state index in [0.717, 1.165) is 12.1 Å². The van der Waals surface area contributed by atoms with Gasteiger partial charge in [0, 0.05) is 6.54 Å². The minimum absolute atomic E-state index is 0.0158. The Morgan fingerprint density at radius 3 is 2.46 bits per heavy atom. The second-order valence-corrected chi connectivity index (χ2v) is 4.91. The average Bonchev–Trinajstić information content (AvgIpc) is 2.58. The van der Waals surface area contributed by atoms with E-state index in [2.05, 4.69) is 5.32 Å². The first-order chi connectivity index (χ1) is 11.4. The lowest BCUT2D eigenvalue weighted by Gasteiger charge is -2.11. The van der Waals surface area contributed by atoms with Crippen LogP contribution in [-0.2, 0) is 17.5 Å². The van der Waals surface area contributed by atoms with E-state index in [1.54, 1.807) is 24.3 Å². The van der Waals surface area contributed by atoms with Crippen LogP contribution in [0.25, 0.3) is 0 Å². The topological polar surface area (TPSA) is 47.6 Å². The summed E-state index contributed by atoms with van der Waals surface area (Å²) >= 11 is 0. The summed E-state index contributed by atoms with van der Waals surface area (Å²) in [5, 5.41) is 2.51. The molecular weight excluding hydrogens is 323 g/mol. The van der Waals surface area contributed by atoms with Crippen LogP contribution >= 0.6 is 0 Å². The first-order valence-corrected chi connectivity index (χ1v) is 7.09. The molecule has 0 aliphatic carbocycles. The quantitative estimate of drug-likeness (QED) is 0.877. The van der Waals surface area contributed by atoms with E-state index in [-0.39, 0.29) is 13.2 Å². The van der Waals surface area contributed by atoms with Crippen LogP contribution in [0.1, 0.15) is 11.1 Å². The molecular formula is C17H16F3NO3. The average molecular weight is 339 g/mol. The molecule has 2 rings (SSSR count). The van der Waals surface area contributed by atoms with E-state index < -0.39 is 17.6 Å². The highest BCUT2D eigenvalue weighted by molar-refractivity contribution is 5.77. The maximum absolute atomic E-state index is 12.6. The van der Waals surface area contributed by atoms with Crippen molar-refractivity contribution >= 4 is 5.91 Å². The molecule has 0 bridgehead atoms. The first kappa shape index (κ1) is 17.7. The van der Waals surface area contributed by atoms with Gasteiger partial charge in [-0.25, -0.2) is 0 Å². The van der Waals surface area contributed by atoms with Crippen molar-refractivity contribution in [1.82, 2.24) is 5.32 Å². The first-order valence-electron chi connectivity index (χ1n) is 7.09. The van der Waals surface area contributed by atoms with Crippen molar-refractivity contribution in [1.29, 1.82) is 0 Å². The van der Waals surface area contributed by atoms with Crippen molar-refractivity contribution in [2.45, 2.75) is 12.7 Å². The number of benzene rings is 2. The van der Waals surface area contributed by atoms with Gasteiger partial charge in [0.1, 0.15) is 0 Å². The molecule has 0 aromatic heterocycles. The zero-order valence-electron chi connectivity index (χ0n) is 12.9. The molecule has 0 saturated heterocycles. The van der Waals surface area contributed by atoms with Crippen molar-refractivity contribution in [2.24, 2.45) is 0 Å². The van der Waals surface area contributed by atoms with Crippen molar-refractivity contribution in [3.63, 3.8) is 0 Å². The summed E-state index contributed by atoms with van der Waals surface area (Å²) in [5.41, 5.74) is -0.394. The van der Waals surface area contributed by atoms with Crippen LogP contribution in [0.5, 0.6) is 11.5 Å². The van der Waals surface area contributed by atoms with Gasteiger partial charge in [-0.3, -0.25) is 4.79 Å². The predicted octanol–water partition coefficient (Wildman–Crippen LogP) is 3.41. The fourth-order valence-corrected chi connectivity index (χ4v) is 1.99. The van der Waals surface area contributed by atoms with Gasteiger partial charge in [-0.15, -0.1) is 0 Å². The number of methoxy groups -OCH3 is 1. The summed E-state index contributed by atoms with van der Waals surface area (Å²) in [6.45, 7) is -0.280. The second kappa shape index (κ2) is 7.72. The number of hydrogen-bond donors (Lipinski definition) is 1. The van der Waals surface area contributed by atoms with Gasteiger partial charge in [-0.2, -0.15) is 13.2 Å². The Morgan fingerprint density at radius 1 is 1.08 bits per heavy atom. The minimum atomic E-state index is -4.41. The Hall–Kier alpha value is -2.70. The Labute approximate surface area is 137 Å². The molecule has 0 saturated carbocycles. The van der Waals surface area contributed by atoms with Crippen LogP contribution in [-0.4, -0.2) is 19.6 Å². The molecule has 0 spiro atoms. The Balaban J connectivity index is 1.87. The Morgan fingerprint density at radius 2 is 1.79 bits per heavy atom. The summed E-state index contributed by atoms with van der Waals surface area (Å²) in [6, 6.07) is 11.6. The largest absolute Gasteiger partial charge is 0.493 e. The number of ether oxygens (including phenoxy) is 2. The second-order valence-electron chi connectivity index (χ2n) is 4.91. The number of carbonyl (C=O) groups excluding carboxylic acids is 1. The smallest absolute Gasteiger partial charge is 0.416 e. The van der Waals surface area contributed by atoms with Crippen molar-refractivity contribution in [3.8, 4) is 11.5 Å². The molecule has 0 unspecified atom stereocenters. The van der Waals surface area contributed by atoms with Crippen LogP contribution in [0.2, 0.25) is 0 Å². The van der Waals surface area contributed by atoms with E-state index in [9.17, 15) is 18.0 Å². The number of rotatable bonds is 6. The predicted molar refractivity (Wildman–Crippen MR) is 81.8 cm³/mol. The lowest BCUT2D eigenvalue weighted by molar-refractivity contribution is -0.137. The molecule has 2 aromatic rings. The van der Waals surface area contributed by atoms with Crippen LogP contribution in [0, 0.1) is 0 Å². The van der Waals surface area contributed by atoms with Gasteiger partial charge >= 0.3 is 6.18 Å². The summed E-state index contributed by atoms with van der Waals surface area (Å²) in [6.07, 6.45) is -4.41. The molecule has 128 valence electrons. The van der Waals surface area contributed by atoms with Gasteiger partial charge in [-0.05, 0) is 29.8 Å². The molecule has 7 heteroatoms. The molecule has 1 N–H and O–H groups in total. The zero-order valence-corrected chi connectivity index (χ0v) is 12.9. The maximum atomic E-state index is 12.6. The number of amides is 1. The third-order valence-corrected chi connectivity index (χ3v) is 3.17.